The number of aryl methyl sites for hydroxylation is 1. The molecule has 2 aliphatic carbocycles. The van der Waals surface area contributed by atoms with E-state index >= 15 is 0 Å². The van der Waals surface area contributed by atoms with Crippen molar-refractivity contribution in [2.75, 3.05) is 9.80 Å². The lowest BCUT2D eigenvalue weighted by atomic mass is 9.96. The van der Waals surface area contributed by atoms with E-state index in [4.69, 9.17) is 4.98 Å². The Morgan fingerprint density at radius 2 is 1.06 bits per heavy atom. The van der Waals surface area contributed by atoms with Crippen LogP contribution in [0.25, 0.3) is 66.1 Å². The van der Waals surface area contributed by atoms with E-state index in [1.807, 2.05) is 48.7 Å². The molecular formula is C62H48N6O. The predicted octanol–water partition coefficient (Wildman–Crippen LogP) is 16.1. The zero-order chi connectivity index (χ0) is 46.6. The number of nitriles is 1. The lowest BCUT2D eigenvalue weighted by Crippen LogP contribution is -2.21. The number of aliphatic hydroxyl groups is 1. The first-order chi connectivity index (χ1) is 34.0. The molecule has 3 heterocycles. The number of allylic oxidation sites excluding steroid dienone is 7. The van der Waals surface area contributed by atoms with E-state index in [1.165, 1.54) is 11.3 Å². The Morgan fingerprint density at radius 3 is 1.62 bits per heavy atom. The summed E-state index contributed by atoms with van der Waals surface area (Å²) in [4.78, 5) is 9.93. The van der Waals surface area contributed by atoms with E-state index in [1.54, 1.807) is 6.08 Å². The lowest BCUT2D eigenvalue weighted by molar-refractivity contribution is 0.418. The van der Waals surface area contributed by atoms with E-state index in [0.717, 1.165) is 114 Å². The van der Waals surface area contributed by atoms with E-state index in [0.29, 0.717) is 17.7 Å². The number of anilines is 4. The second-order valence-corrected chi connectivity index (χ2v) is 17.9. The average Bonchev–Trinajstić information content (AvgIpc) is 3.91. The summed E-state index contributed by atoms with van der Waals surface area (Å²) in [7, 11) is 0. The molecule has 0 atom stereocenters. The molecule has 0 unspecified atom stereocenters. The van der Waals surface area contributed by atoms with Gasteiger partial charge in [-0.05, 0) is 111 Å². The maximum Gasteiger partial charge on any atom is 0.139 e. The summed E-state index contributed by atoms with van der Waals surface area (Å²) < 4.78 is 4.72. The van der Waals surface area contributed by atoms with Crippen LogP contribution in [0, 0.1) is 18.3 Å². The molecule has 10 aromatic rings. The Morgan fingerprint density at radius 1 is 0.536 bits per heavy atom. The molecule has 3 aromatic heterocycles. The molecule has 332 valence electrons. The van der Waals surface area contributed by atoms with Gasteiger partial charge in [0.05, 0.1) is 56.1 Å². The highest BCUT2D eigenvalue weighted by atomic mass is 16.3. The normalized spacial score (nSPS) is 13.8. The molecular weight excluding hydrogens is 845 g/mol. The van der Waals surface area contributed by atoms with Gasteiger partial charge in [0.15, 0.2) is 0 Å². The van der Waals surface area contributed by atoms with Gasteiger partial charge in [-0.1, -0.05) is 127 Å². The van der Waals surface area contributed by atoms with Gasteiger partial charge in [-0.3, -0.25) is 4.90 Å². The monoisotopic (exact) mass is 892 g/mol. The highest BCUT2D eigenvalue weighted by molar-refractivity contribution is 6.12. The van der Waals surface area contributed by atoms with Crippen molar-refractivity contribution >= 4 is 66.5 Å². The maximum atomic E-state index is 11.6. The van der Waals surface area contributed by atoms with Crippen LogP contribution >= 0.6 is 0 Å². The summed E-state index contributed by atoms with van der Waals surface area (Å²) in [6, 6.07) is 62.0. The minimum absolute atomic E-state index is 0.182. The van der Waals surface area contributed by atoms with Gasteiger partial charge >= 0.3 is 0 Å². The second kappa shape index (κ2) is 17.1. The first-order valence-electron chi connectivity index (χ1n) is 23.7. The zero-order valence-electron chi connectivity index (χ0n) is 38.5. The molecule has 7 nitrogen and oxygen atoms in total. The lowest BCUT2D eigenvalue weighted by Gasteiger charge is -2.32. The molecule has 0 fully saturated rings. The minimum Gasteiger partial charge on any atom is -0.506 e. The molecule has 12 rings (SSSR count). The molecule has 0 bridgehead atoms. The standard InChI is InChI=1S/C62H48N6O/c1-41-20-6-12-28-51(41)68(52-29-13-7-21-42(52)2)62-38-60(67-55-32-16-10-26-47(55)48-27-11-17-33-56(48)67)50(40-64-62)49-36-43(39-63)58(65(44-22-4-3-5-23-44)57-34-18-19-35-61(57)69)37-59(49)66-53-30-14-8-24-45(53)46-25-9-15-31-54(46)66/h3-12,14-17,19-28,30-33,35-38,40,69H,13,18,29,34H2,1-2H3. The van der Waals surface area contributed by atoms with Gasteiger partial charge in [-0.2, -0.15) is 5.26 Å². The first kappa shape index (κ1) is 41.6. The third-order valence-electron chi connectivity index (χ3n) is 13.9. The van der Waals surface area contributed by atoms with E-state index in [-0.39, 0.29) is 5.76 Å². The number of nitrogens with zero attached hydrogens (tertiary/aromatic N) is 6. The number of hydrogen-bond acceptors (Lipinski definition) is 5. The summed E-state index contributed by atoms with van der Waals surface area (Å²) in [5, 5.41) is 27.6. The van der Waals surface area contributed by atoms with Crippen molar-refractivity contribution < 1.29 is 5.11 Å². The molecule has 0 saturated heterocycles. The highest BCUT2D eigenvalue weighted by Gasteiger charge is 2.29. The van der Waals surface area contributed by atoms with Crippen molar-refractivity contribution in [2.24, 2.45) is 0 Å². The second-order valence-electron chi connectivity index (χ2n) is 17.9. The van der Waals surface area contributed by atoms with Crippen LogP contribution in [0.15, 0.2) is 223 Å². The molecule has 0 radical (unpaired) electrons. The Kier molecular flexibility index (Phi) is 10.3. The summed E-state index contributed by atoms with van der Waals surface area (Å²) in [5.74, 6) is 0.982. The van der Waals surface area contributed by atoms with Crippen molar-refractivity contribution in [3.63, 3.8) is 0 Å². The highest BCUT2D eigenvalue weighted by Crippen LogP contribution is 2.47. The number of rotatable bonds is 9. The average molecular weight is 893 g/mol. The predicted molar refractivity (Wildman–Crippen MR) is 284 cm³/mol. The topological polar surface area (TPSA) is 73.2 Å². The van der Waals surface area contributed by atoms with Crippen LogP contribution in [-0.4, -0.2) is 19.2 Å². The van der Waals surface area contributed by atoms with Crippen LogP contribution in [-0.2, 0) is 0 Å². The minimum atomic E-state index is 0.182. The van der Waals surface area contributed by atoms with E-state index < -0.39 is 0 Å². The molecule has 69 heavy (non-hydrogen) atoms. The number of aromatic nitrogens is 3. The number of para-hydroxylation sites is 6. The van der Waals surface area contributed by atoms with Crippen molar-refractivity contribution in [3.05, 3.63) is 234 Å². The first-order valence-corrected chi connectivity index (χ1v) is 23.7. The number of hydrogen-bond donors (Lipinski definition) is 1. The van der Waals surface area contributed by atoms with Crippen LogP contribution in [0.4, 0.5) is 22.9 Å². The SMILES string of the molecule is CC1=C(N(c2cc(-n3c4ccccc4c4ccccc43)c(-c3cc(C#N)c(N(C4=C(O)C=CCC4)c4ccccc4)cc3-n3c4ccccc4c4ccccc43)cn2)c2ccccc2C)CCC=C1. The van der Waals surface area contributed by atoms with E-state index in [2.05, 4.69) is 184 Å². The Hall–Kier alpha value is -8.86. The van der Waals surface area contributed by atoms with Crippen molar-refractivity contribution in [1.29, 1.82) is 5.26 Å². The quantitative estimate of drug-likeness (QED) is 0.156. The fourth-order valence-electron chi connectivity index (χ4n) is 10.7. The van der Waals surface area contributed by atoms with E-state index in [9.17, 15) is 10.4 Å². The van der Waals surface area contributed by atoms with Gasteiger partial charge in [-0.15, -0.1) is 0 Å². The van der Waals surface area contributed by atoms with Gasteiger partial charge in [0.1, 0.15) is 17.6 Å². The molecule has 7 aromatic carbocycles. The van der Waals surface area contributed by atoms with Gasteiger partial charge < -0.3 is 19.1 Å². The third-order valence-corrected chi connectivity index (χ3v) is 13.9. The van der Waals surface area contributed by atoms with Gasteiger partial charge in [0.25, 0.3) is 0 Å². The van der Waals surface area contributed by atoms with Crippen LogP contribution in [0.3, 0.4) is 0 Å². The van der Waals surface area contributed by atoms with Gasteiger partial charge in [0.2, 0.25) is 0 Å². The molecule has 0 saturated carbocycles. The number of aliphatic hydroxyl groups excluding tert-OH is 1. The summed E-state index contributed by atoms with van der Waals surface area (Å²) in [6.07, 6.45) is 13.4. The number of pyridine rings is 1. The fourth-order valence-corrected chi connectivity index (χ4v) is 10.7. The third kappa shape index (κ3) is 6.91. The van der Waals surface area contributed by atoms with Crippen molar-refractivity contribution in [2.45, 2.75) is 39.5 Å². The van der Waals surface area contributed by atoms with Crippen LogP contribution in [0.1, 0.15) is 43.7 Å². The zero-order valence-corrected chi connectivity index (χ0v) is 38.5. The largest absolute Gasteiger partial charge is 0.506 e. The van der Waals surface area contributed by atoms with Gasteiger partial charge in [0, 0.05) is 56.3 Å². The van der Waals surface area contributed by atoms with Crippen molar-refractivity contribution in [1.82, 2.24) is 14.1 Å². The molecule has 0 spiro atoms. The maximum absolute atomic E-state index is 11.6. The molecule has 1 N–H and O–H groups in total. The summed E-state index contributed by atoms with van der Waals surface area (Å²) >= 11 is 0. The Bertz CT molecular complexity index is 3750. The van der Waals surface area contributed by atoms with Crippen LogP contribution < -0.4 is 9.80 Å². The molecule has 0 amide bonds. The number of benzene rings is 7. The molecule has 0 aliphatic heterocycles. The Balaban J connectivity index is 1.23. The Labute approximate surface area is 401 Å². The summed E-state index contributed by atoms with van der Waals surface area (Å²) in [6.45, 7) is 4.36. The fraction of sp³-hybridized carbons (Fsp3) is 0.0968. The molecule has 2 aliphatic rings. The smallest absolute Gasteiger partial charge is 0.139 e. The number of fused-ring (bicyclic) bond motifs is 6. The molecule has 7 heteroatoms. The van der Waals surface area contributed by atoms with Gasteiger partial charge in [-0.25, -0.2) is 4.98 Å². The van der Waals surface area contributed by atoms with Crippen LogP contribution in [0.2, 0.25) is 0 Å². The van der Waals surface area contributed by atoms with Crippen molar-refractivity contribution in [3.8, 4) is 28.6 Å². The van der Waals surface area contributed by atoms with Crippen LogP contribution in [0.5, 0.6) is 0 Å². The summed E-state index contributed by atoms with van der Waals surface area (Å²) in [5.41, 5.74) is 15.0.